The third-order valence-corrected chi connectivity index (χ3v) is 4.11. The van der Waals surface area contributed by atoms with E-state index >= 15 is 0 Å². The first-order valence-corrected chi connectivity index (χ1v) is 7.15. The monoisotopic (exact) mass is 249 g/mol. The molecule has 1 saturated carbocycles. The molecule has 2 heteroatoms. The van der Waals surface area contributed by atoms with Gasteiger partial charge in [0.2, 0.25) is 0 Å². The van der Waals surface area contributed by atoms with E-state index in [1.54, 1.807) is 12.1 Å². The Morgan fingerprint density at radius 3 is 2.39 bits per heavy atom. The van der Waals surface area contributed by atoms with Gasteiger partial charge in [0.15, 0.2) is 0 Å². The lowest BCUT2D eigenvalue weighted by atomic mass is 9.98. The summed E-state index contributed by atoms with van der Waals surface area (Å²) >= 11 is 0. The van der Waals surface area contributed by atoms with Crippen LogP contribution in [0.3, 0.4) is 0 Å². The molecule has 0 radical (unpaired) electrons. The SMILES string of the molecule is CC(Cc1ccc(F)cc1)NC(C)C1CCCC1. The van der Waals surface area contributed by atoms with Gasteiger partial charge in [-0.2, -0.15) is 0 Å². The second-order valence-corrected chi connectivity index (χ2v) is 5.73. The van der Waals surface area contributed by atoms with Crippen molar-refractivity contribution in [3.8, 4) is 0 Å². The summed E-state index contributed by atoms with van der Waals surface area (Å²) < 4.78 is 12.8. The maximum Gasteiger partial charge on any atom is 0.123 e. The lowest BCUT2D eigenvalue weighted by molar-refractivity contribution is 0.348. The summed E-state index contributed by atoms with van der Waals surface area (Å²) in [7, 11) is 0. The highest BCUT2D eigenvalue weighted by Crippen LogP contribution is 2.27. The smallest absolute Gasteiger partial charge is 0.123 e. The first-order valence-electron chi connectivity index (χ1n) is 7.15. The van der Waals surface area contributed by atoms with Gasteiger partial charge in [0.25, 0.3) is 0 Å². The Kier molecular flexibility index (Phi) is 4.76. The largest absolute Gasteiger partial charge is 0.311 e. The van der Waals surface area contributed by atoms with Crippen molar-refractivity contribution in [1.82, 2.24) is 5.32 Å². The van der Waals surface area contributed by atoms with Crippen LogP contribution in [0.5, 0.6) is 0 Å². The molecule has 0 aliphatic heterocycles. The molecule has 1 N–H and O–H groups in total. The molecule has 1 aliphatic carbocycles. The van der Waals surface area contributed by atoms with E-state index in [4.69, 9.17) is 0 Å². The third kappa shape index (κ3) is 3.81. The molecule has 0 bridgehead atoms. The van der Waals surface area contributed by atoms with Crippen LogP contribution in [-0.4, -0.2) is 12.1 Å². The van der Waals surface area contributed by atoms with Crippen molar-refractivity contribution in [1.29, 1.82) is 0 Å². The van der Waals surface area contributed by atoms with Crippen LogP contribution in [0.2, 0.25) is 0 Å². The minimum atomic E-state index is -0.154. The average Bonchev–Trinajstić information content (AvgIpc) is 2.85. The molecule has 2 unspecified atom stereocenters. The van der Waals surface area contributed by atoms with Crippen LogP contribution in [-0.2, 0) is 6.42 Å². The fourth-order valence-corrected chi connectivity index (χ4v) is 3.08. The van der Waals surface area contributed by atoms with Crippen LogP contribution in [0.1, 0.15) is 45.1 Å². The first kappa shape index (κ1) is 13.5. The van der Waals surface area contributed by atoms with Gasteiger partial charge < -0.3 is 5.32 Å². The Labute approximate surface area is 110 Å². The van der Waals surface area contributed by atoms with E-state index in [-0.39, 0.29) is 5.82 Å². The van der Waals surface area contributed by atoms with Gasteiger partial charge in [0, 0.05) is 12.1 Å². The minimum absolute atomic E-state index is 0.154. The normalized spacial score (nSPS) is 19.9. The molecule has 2 rings (SSSR count). The van der Waals surface area contributed by atoms with Crippen molar-refractivity contribution in [3.63, 3.8) is 0 Å². The summed E-state index contributed by atoms with van der Waals surface area (Å²) in [6.45, 7) is 4.52. The van der Waals surface area contributed by atoms with Crippen molar-refractivity contribution >= 4 is 0 Å². The maximum absolute atomic E-state index is 12.8. The van der Waals surface area contributed by atoms with Crippen LogP contribution in [0.15, 0.2) is 24.3 Å². The summed E-state index contributed by atoms with van der Waals surface area (Å²) in [6.07, 6.45) is 6.50. The molecule has 0 saturated heterocycles. The van der Waals surface area contributed by atoms with E-state index in [1.165, 1.54) is 31.2 Å². The van der Waals surface area contributed by atoms with Crippen LogP contribution in [0.4, 0.5) is 4.39 Å². The Morgan fingerprint density at radius 2 is 1.78 bits per heavy atom. The molecule has 0 spiro atoms. The molecule has 0 aromatic heterocycles. The van der Waals surface area contributed by atoms with E-state index < -0.39 is 0 Å². The van der Waals surface area contributed by atoms with Crippen molar-refractivity contribution in [3.05, 3.63) is 35.6 Å². The summed E-state index contributed by atoms with van der Waals surface area (Å²) in [4.78, 5) is 0. The molecular weight excluding hydrogens is 225 g/mol. The number of halogens is 1. The van der Waals surface area contributed by atoms with E-state index in [1.807, 2.05) is 12.1 Å². The number of hydrogen-bond donors (Lipinski definition) is 1. The molecule has 18 heavy (non-hydrogen) atoms. The highest BCUT2D eigenvalue weighted by atomic mass is 19.1. The number of rotatable bonds is 5. The van der Waals surface area contributed by atoms with Crippen molar-refractivity contribution in [2.24, 2.45) is 5.92 Å². The second-order valence-electron chi connectivity index (χ2n) is 5.73. The minimum Gasteiger partial charge on any atom is -0.311 e. The Bertz CT molecular complexity index is 354. The summed E-state index contributed by atoms with van der Waals surface area (Å²) in [5.41, 5.74) is 1.20. The standard InChI is InChI=1S/C16H24FN/c1-12(11-14-7-9-16(17)10-8-14)18-13(2)15-5-3-4-6-15/h7-10,12-13,15,18H,3-6,11H2,1-2H3. The molecule has 1 aromatic carbocycles. The number of nitrogens with one attached hydrogen (secondary N) is 1. The summed E-state index contributed by atoms with van der Waals surface area (Å²) in [5, 5.41) is 3.69. The number of hydrogen-bond acceptors (Lipinski definition) is 1. The van der Waals surface area contributed by atoms with Crippen LogP contribution in [0.25, 0.3) is 0 Å². The highest BCUT2D eigenvalue weighted by Gasteiger charge is 2.22. The zero-order chi connectivity index (χ0) is 13.0. The predicted molar refractivity (Wildman–Crippen MR) is 74.1 cm³/mol. The molecule has 1 aromatic rings. The van der Waals surface area contributed by atoms with Gasteiger partial charge in [-0.15, -0.1) is 0 Å². The molecule has 100 valence electrons. The van der Waals surface area contributed by atoms with Gasteiger partial charge in [-0.3, -0.25) is 0 Å². The third-order valence-electron chi connectivity index (χ3n) is 4.11. The predicted octanol–water partition coefficient (Wildman–Crippen LogP) is 3.93. The van der Waals surface area contributed by atoms with Gasteiger partial charge in [-0.1, -0.05) is 25.0 Å². The van der Waals surface area contributed by atoms with Crippen LogP contribution in [0, 0.1) is 11.7 Å². The summed E-state index contributed by atoms with van der Waals surface area (Å²) in [5.74, 6) is 0.694. The lowest BCUT2D eigenvalue weighted by Gasteiger charge is -2.25. The maximum atomic E-state index is 12.8. The molecule has 1 nitrogen and oxygen atoms in total. The van der Waals surface area contributed by atoms with Gasteiger partial charge in [0.05, 0.1) is 0 Å². The quantitative estimate of drug-likeness (QED) is 0.834. The molecule has 1 aliphatic rings. The van der Waals surface area contributed by atoms with Crippen molar-refractivity contribution in [2.45, 2.75) is 58.0 Å². The highest BCUT2D eigenvalue weighted by molar-refractivity contribution is 5.17. The fourth-order valence-electron chi connectivity index (χ4n) is 3.08. The molecule has 0 amide bonds. The van der Waals surface area contributed by atoms with Crippen molar-refractivity contribution < 1.29 is 4.39 Å². The van der Waals surface area contributed by atoms with Gasteiger partial charge in [-0.05, 0) is 56.7 Å². The van der Waals surface area contributed by atoms with E-state index in [0.717, 1.165) is 12.3 Å². The van der Waals surface area contributed by atoms with Gasteiger partial charge in [0.1, 0.15) is 5.82 Å². The lowest BCUT2D eigenvalue weighted by Crippen LogP contribution is -2.39. The second kappa shape index (κ2) is 6.33. The zero-order valence-electron chi connectivity index (χ0n) is 11.5. The fraction of sp³-hybridized carbons (Fsp3) is 0.625. The first-order chi connectivity index (χ1) is 8.65. The number of benzene rings is 1. The molecular formula is C16H24FN. The molecule has 1 fully saturated rings. The Morgan fingerprint density at radius 1 is 1.17 bits per heavy atom. The topological polar surface area (TPSA) is 12.0 Å². The Balaban J connectivity index is 1.80. The Hall–Kier alpha value is -0.890. The zero-order valence-corrected chi connectivity index (χ0v) is 11.5. The molecule has 2 atom stereocenters. The van der Waals surface area contributed by atoms with Gasteiger partial charge >= 0.3 is 0 Å². The van der Waals surface area contributed by atoms with Crippen LogP contribution < -0.4 is 5.32 Å². The summed E-state index contributed by atoms with van der Waals surface area (Å²) in [6, 6.07) is 7.90. The van der Waals surface area contributed by atoms with Crippen LogP contribution >= 0.6 is 0 Å². The van der Waals surface area contributed by atoms with Crippen molar-refractivity contribution in [2.75, 3.05) is 0 Å². The van der Waals surface area contributed by atoms with E-state index in [2.05, 4.69) is 19.2 Å². The average molecular weight is 249 g/mol. The van der Waals surface area contributed by atoms with Gasteiger partial charge in [-0.25, -0.2) is 4.39 Å². The van der Waals surface area contributed by atoms with E-state index in [0.29, 0.717) is 12.1 Å². The molecule has 0 heterocycles. The van der Waals surface area contributed by atoms with E-state index in [9.17, 15) is 4.39 Å².